The average Bonchev–Trinajstić information content (AvgIpc) is 3.53. The van der Waals surface area contributed by atoms with Gasteiger partial charge in [-0.05, 0) is 57.8 Å². The van der Waals surface area contributed by atoms with Crippen LogP contribution in [0.5, 0.6) is 0 Å². The number of benzene rings is 4. The Balaban J connectivity index is 0.000000196. The summed E-state index contributed by atoms with van der Waals surface area (Å²) in [6, 6.07) is 35.7. The molecule has 6 rings (SSSR count). The first-order valence-corrected chi connectivity index (χ1v) is 18.7. The van der Waals surface area contributed by atoms with Crippen LogP contribution < -0.4 is 5.30 Å². The quantitative estimate of drug-likeness (QED) is 0.0917. The van der Waals surface area contributed by atoms with Gasteiger partial charge in [-0.25, -0.2) is 8.42 Å². The second-order valence-corrected chi connectivity index (χ2v) is 15.5. The third kappa shape index (κ3) is 6.57. The molecule has 7 heteroatoms. The van der Waals surface area contributed by atoms with E-state index in [9.17, 15) is 8.42 Å². The Hall–Kier alpha value is -1.83. The van der Waals surface area contributed by atoms with Crippen LogP contribution in [0.4, 0.5) is 0 Å². The van der Waals surface area contributed by atoms with Crippen molar-refractivity contribution >= 4 is 43.4 Å². The van der Waals surface area contributed by atoms with Crippen LogP contribution in [0.15, 0.2) is 113 Å². The van der Waals surface area contributed by atoms with Crippen molar-refractivity contribution in [2.45, 2.75) is 54.7 Å². The minimum atomic E-state index is -3.28. The number of halogens is 1. The predicted molar refractivity (Wildman–Crippen MR) is 172 cm³/mol. The first kappa shape index (κ1) is 32.1. The molecule has 3 nitrogen and oxygen atoms in total. The van der Waals surface area contributed by atoms with Gasteiger partial charge in [-0.15, -0.1) is 22.4 Å². The zero-order valence-electron chi connectivity index (χ0n) is 24.1. The summed E-state index contributed by atoms with van der Waals surface area (Å²) in [5, 5.41) is 3.66. The molecule has 2 aliphatic rings. The van der Waals surface area contributed by atoms with E-state index in [0.717, 1.165) is 6.42 Å². The van der Waals surface area contributed by atoms with Crippen molar-refractivity contribution in [3.05, 3.63) is 120 Å². The summed E-state index contributed by atoms with van der Waals surface area (Å²) in [5.74, 6) is 0. The number of sulfone groups is 1. The van der Waals surface area contributed by atoms with Gasteiger partial charge in [0.25, 0.3) is 0 Å². The van der Waals surface area contributed by atoms with E-state index in [2.05, 4.69) is 128 Å². The molecule has 0 unspecified atom stereocenters. The maximum atomic E-state index is 13.2. The molecule has 0 aromatic heterocycles. The van der Waals surface area contributed by atoms with Crippen LogP contribution in [0.3, 0.4) is 0 Å². The van der Waals surface area contributed by atoms with Gasteiger partial charge in [-0.2, -0.15) is 18.2 Å². The van der Waals surface area contributed by atoms with Gasteiger partial charge in [-0.1, -0.05) is 92.7 Å². The zero-order valence-corrected chi connectivity index (χ0v) is 28.1. The van der Waals surface area contributed by atoms with Gasteiger partial charge in [0.05, 0.1) is 10.1 Å². The Morgan fingerprint density at radius 2 is 1.46 bits per heavy atom. The molecule has 0 spiro atoms. The molecule has 4 aromatic carbocycles. The van der Waals surface area contributed by atoms with Gasteiger partial charge < -0.3 is 4.90 Å². The third-order valence-corrected chi connectivity index (χ3v) is 14.4. The van der Waals surface area contributed by atoms with Crippen LogP contribution in [0.25, 0.3) is 10.8 Å². The van der Waals surface area contributed by atoms with E-state index < -0.39 is 17.8 Å². The molecule has 1 fully saturated rings. The summed E-state index contributed by atoms with van der Waals surface area (Å²) in [5.41, 5.74) is 4.66. The fourth-order valence-electron chi connectivity index (χ4n) is 6.04. The fourth-order valence-corrected chi connectivity index (χ4v) is 12.7. The topological polar surface area (TPSA) is 37.4 Å². The monoisotopic (exact) mass is 695 g/mol. The van der Waals surface area contributed by atoms with E-state index in [1.165, 1.54) is 32.8 Å². The molecule has 0 amide bonds. The van der Waals surface area contributed by atoms with E-state index in [1.807, 2.05) is 30.3 Å². The second kappa shape index (κ2) is 14.1. The van der Waals surface area contributed by atoms with Crippen LogP contribution in [0.1, 0.15) is 38.8 Å². The molecule has 5 atom stereocenters. The number of allylic oxidation sites excluding steroid dienone is 2. The third-order valence-electron chi connectivity index (χ3n) is 8.51. The number of hydrogen-bond acceptors (Lipinski definition) is 3. The second-order valence-electron chi connectivity index (χ2n) is 10.8. The Bertz CT molecular complexity index is 1590. The molecule has 4 aromatic rings. The van der Waals surface area contributed by atoms with Crippen molar-refractivity contribution in [1.29, 1.82) is 0 Å². The molecule has 0 radical (unpaired) electrons. The Labute approximate surface area is 262 Å². The van der Waals surface area contributed by atoms with Crippen LogP contribution in [0.2, 0.25) is 0 Å². The van der Waals surface area contributed by atoms with E-state index in [1.54, 1.807) is 12.1 Å². The number of fused-ring (bicyclic) bond motifs is 3. The molecule has 218 valence electrons. The van der Waals surface area contributed by atoms with Gasteiger partial charge in [-0.3, -0.25) is 0 Å². The average molecular weight is 697 g/mol. The molecule has 1 saturated heterocycles. The van der Waals surface area contributed by atoms with Crippen LogP contribution in [-0.2, 0) is 28.0 Å². The molecule has 2 aliphatic heterocycles. The molecule has 0 saturated carbocycles. The maximum absolute atomic E-state index is 13.2. The van der Waals surface area contributed by atoms with Gasteiger partial charge in [0.2, 0.25) is 0 Å². The minimum absolute atomic E-state index is 0.164. The van der Waals surface area contributed by atoms with Crippen molar-refractivity contribution < 1.29 is 26.6 Å². The van der Waals surface area contributed by atoms with E-state index in [-0.39, 0.29) is 10.9 Å². The first-order chi connectivity index (χ1) is 19.7. The molecule has 0 aliphatic carbocycles. The SMILES string of the molecule is CC1=C(C)[C@H]2[C@@H](S(=O)(=O)c3ccccc3)C[C@@H]1[P@]2c1ccccc1.C[C@H](c1c[c-]cc2ccccc12)N(C)C.[Cl][Pd+]. The van der Waals surface area contributed by atoms with Gasteiger partial charge in [0.15, 0.2) is 9.84 Å². The Kier molecular flexibility index (Phi) is 11.0. The summed E-state index contributed by atoms with van der Waals surface area (Å²) < 4.78 is 26.5. The molecule has 0 N–H and O–H groups in total. The van der Waals surface area contributed by atoms with Crippen molar-refractivity contribution in [1.82, 2.24) is 4.90 Å². The first-order valence-electron chi connectivity index (χ1n) is 13.7. The van der Waals surface area contributed by atoms with Gasteiger partial charge >= 0.3 is 27.7 Å². The molecule has 2 bridgehead atoms. The zero-order chi connectivity index (χ0) is 29.7. The van der Waals surface area contributed by atoms with Gasteiger partial charge in [0.1, 0.15) is 0 Å². The predicted octanol–water partition coefficient (Wildman–Crippen LogP) is 8.08. The normalized spacial score (nSPS) is 22.2. The van der Waals surface area contributed by atoms with Crippen molar-refractivity contribution in [3.8, 4) is 0 Å². The van der Waals surface area contributed by atoms with E-state index in [0.29, 0.717) is 16.6 Å². The summed E-state index contributed by atoms with van der Waals surface area (Å²) >= 11 is 2.22. The van der Waals surface area contributed by atoms with Crippen LogP contribution in [-0.4, -0.2) is 44.0 Å². The fraction of sp³-hybridized carbons (Fsp3) is 0.294. The number of hydrogen-bond donors (Lipinski definition) is 0. The van der Waals surface area contributed by atoms with E-state index >= 15 is 0 Å². The number of rotatable bonds is 5. The standard InChI is InChI=1S/C20H21O2PS.C14H16N.ClH.Pd/c1-14-15(2)20-19(24(21,22)17-11-7-4-8-12-17)13-18(14)23(20)16-9-5-3-6-10-16;1-11(15(2)3)13-10-6-8-12-7-4-5-9-14(12)13;;/h3-12,18-20H,13H2,1-2H3;4-5,7-11H,1-3H3;1H;/q;-1;;+2/p-1/t18-,19-,20-,23-;11-;;/m01../s1. The molecule has 41 heavy (non-hydrogen) atoms. The number of nitrogens with zero attached hydrogens (tertiary/aromatic N) is 1. The summed E-state index contributed by atoms with van der Waals surface area (Å²) in [6.45, 7) is 6.56. The van der Waals surface area contributed by atoms with Crippen LogP contribution >= 0.6 is 17.5 Å². The van der Waals surface area contributed by atoms with Crippen molar-refractivity contribution in [2.75, 3.05) is 14.1 Å². The molecular weight excluding hydrogens is 659 g/mol. The van der Waals surface area contributed by atoms with E-state index in [4.69, 9.17) is 0 Å². The molecule has 2 heterocycles. The van der Waals surface area contributed by atoms with Crippen molar-refractivity contribution in [3.63, 3.8) is 0 Å². The van der Waals surface area contributed by atoms with Crippen molar-refractivity contribution in [2.24, 2.45) is 0 Å². The van der Waals surface area contributed by atoms with Gasteiger partial charge in [0, 0.05) is 11.3 Å². The summed E-state index contributed by atoms with van der Waals surface area (Å²) in [4.78, 5) is 2.69. The van der Waals surface area contributed by atoms with Crippen LogP contribution in [0, 0.1) is 6.07 Å². The summed E-state index contributed by atoms with van der Waals surface area (Å²) in [7, 11) is 4.93. The Morgan fingerprint density at radius 1 is 0.878 bits per heavy atom. The molecular formula is C34H37ClNO2PPdS. The Morgan fingerprint density at radius 3 is 2.10 bits per heavy atom. The summed E-state index contributed by atoms with van der Waals surface area (Å²) in [6.07, 6.45) is 0.770.